The third-order valence-corrected chi connectivity index (χ3v) is 5.26. The number of hydrogen-bond acceptors (Lipinski definition) is 7. The Bertz CT molecular complexity index is 782. The third kappa shape index (κ3) is 10.1. The average Bonchev–Trinajstić information content (AvgIpc) is 2.77. The summed E-state index contributed by atoms with van der Waals surface area (Å²) in [6.07, 6.45) is 6.99. The minimum absolute atomic E-state index is 0.525. The maximum absolute atomic E-state index is 5.89. The van der Waals surface area contributed by atoms with E-state index in [4.69, 9.17) is 10.5 Å². The van der Waals surface area contributed by atoms with Crippen molar-refractivity contribution in [2.75, 3.05) is 43.8 Å². The zero-order chi connectivity index (χ0) is 22.3. The molecule has 0 bridgehead atoms. The number of nitrogens with zero attached hydrogens (tertiary/aromatic N) is 3. The Hall–Kier alpha value is -2.25. The molecule has 0 atom stereocenters. The van der Waals surface area contributed by atoms with Crippen molar-refractivity contribution < 1.29 is 4.74 Å². The van der Waals surface area contributed by atoms with E-state index in [1.165, 1.54) is 11.3 Å². The van der Waals surface area contributed by atoms with Gasteiger partial charge >= 0.3 is 0 Å². The molecule has 1 aromatic heterocycles. The van der Waals surface area contributed by atoms with E-state index < -0.39 is 0 Å². The lowest BCUT2D eigenvalue weighted by Crippen LogP contribution is -2.22. The molecule has 0 amide bonds. The number of anilines is 2. The van der Waals surface area contributed by atoms with Crippen molar-refractivity contribution in [3.05, 3.63) is 48.2 Å². The molecule has 0 aliphatic rings. The van der Waals surface area contributed by atoms with E-state index in [0.29, 0.717) is 5.82 Å². The van der Waals surface area contributed by atoms with Crippen molar-refractivity contribution in [1.29, 1.82) is 0 Å². The van der Waals surface area contributed by atoms with Gasteiger partial charge in [-0.05, 0) is 68.0 Å². The van der Waals surface area contributed by atoms with Crippen LogP contribution in [0, 0.1) is 0 Å². The van der Waals surface area contributed by atoms with Crippen LogP contribution in [0.2, 0.25) is 0 Å². The summed E-state index contributed by atoms with van der Waals surface area (Å²) in [5.74, 6) is 1.45. The smallest absolute Gasteiger partial charge is 0.125 e. The van der Waals surface area contributed by atoms with E-state index in [2.05, 4.69) is 54.1 Å². The van der Waals surface area contributed by atoms with Gasteiger partial charge in [-0.2, -0.15) is 0 Å². The van der Waals surface area contributed by atoms with Crippen LogP contribution in [0.4, 0.5) is 11.5 Å². The lowest BCUT2D eigenvalue weighted by molar-refractivity contribution is 0.302. The predicted octanol–water partition coefficient (Wildman–Crippen LogP) is 5.08. The van der Waals surface area contributed by atoms with E-state index >= 15 is 0 Å². The molecular weight excluding hydrogens is 406 g/mol. The average molecular weight is 444 g/mol. The van der Waals surface area contributed by atoms with Crippen LogP contribution >= 0.6 is 12.8 Å². The Balaban J connectivity index is 1.55. The van der Waals surface area contributed by atoms with Crippen LogP contribution in [0.15, 0.2) is 47.6 Å². The van der Waals surface area contributed by atoms with E-state index in [1.807, 2.05) is 28.6 Å². The number of nitrogens with two attached hydrogens (primary N) is 1. The summed E-state index contributed by atoms with van der Waals surface area (Å²) in [5, 5.41) is 3.33. The monoisotopic (exact) mass is 443 g/mol. The molecule has 2 rings (SSSR count). The number of aromatic nitrogens is 1. The van der Waals surface area contributed by atoms with E-state index in [0.717, 1.165) is 76.3 Å². The minimum Gasteiger partial charge on any atom is -0.494 e. The first-order chi connectivity index (χ1) is 15.1. The molecule has 1 aromatic carbocycles. The standard InChI is InChI=1S/C24H37N5OS/c1-3-13-27-23(4-2)20-8-10-22(11-9-20)30-18-7-5-6-16-29(31)17-15-26-21-12-14-28-24(25)19-21/h8-12,14,19,31H,3-7,13,15-18H2,1-2H3,(H3,25,26,28)/b27-23+. The summed E-state index contributed by atoms with van der Waals surface area (Å²) in [5.41, 5.74) is 9.03. The summed E-state index contributed by atoms with van der Waals surface area (Å²) in [4.78, 5) is 8.65. The molecule has 3 N–H and O–H groups in total. The van der Waals surface area contributed by atoms with Gasteiger partial charge in [0.15, 0.2) is 0 Å². The second kappa shape index (κ2) is 14.7. The summed E-state index contributed by atoms with van der Waals surface area (Å²) in [6.45, 7) is 8.56. The molecule has 0 saturated carbocycles. The summed E-state index contributed by atoms with van der Waals surface area (Å²) >= 11 is 4.55. The number of pyridine rings is 1. The highest BCUT2D eigenvalue weighted by atomic mass is 32.1. The fraction of sp³-hybridized carbons (Fsp3) is 0.500. The molecule has 1 heterocycles. The summed E-state index contributed by atoms with van der Waals surface area (Å²) in [7, 11) is 0. The third-order valence-electron chi connectivity index (χ3n) is 4.86. The van der Waals surface area contributed by atoms with Crippen LogP contribution in [-0.2, 0) is 0 Å². The highest BCUT2D eigenvalue weighted by Crippen LogP contribution is 2.15. The molecule has 0 radical (unpaired) electrons. The molecule has 7 heteroatoms. The first-order valence-electron chi connectivity index (χ1n) is 11.3. The van der Waals surface area contributed by atoms with Gasteiger partial charge in [-0.25, -0.2) is 4.98 Å². The normalized spacial score (nSPS) is 11.7. The molecule has 0 fully saturated rings. The number of nitrogen functional groups attached to an aromatic ring is 1. The van der Waals surface area contributed by atoms with E-state index in [1.54, 1.807) is 6.20 Å². The van der Waals surface area contributed by atoms with Gasteiger partial charge in [0.05, 0.1) is 6.61 Å². The largest absolute Gasteiger partial charge is 0.494 e. The Morgan fingerprint density at radius 2 is 1.94 bits per heavy atom. The molecule has 0 spiro atoms. The number of unbranched alkanes of at least 4 members (excludes halogenated alkanes) is 2. The van der Waals surface area contributed by atoms with Gasteiger partial charge in [0, 0.05) is 49.8 Å². The van der Waals surface area contributed by atoms with Gasteiger partial charge in [-0.3, -0.25) is 9.30 Å². The zero-order valence-corrected chi connectivity index (χ0v) is 19.8. The number of thiol groups is 1. The van der Waals surface area contributed by atoms with Crippen LogP contribution in [-0.4, -0.2) is 47.8 Å². The Labute approximate surface area is 192 Å². The highest BCUT2D eigenvalue weighted by Gasteiger charge is 2.03. The second-order valence-electron chi connectivity index (χ2n) is 7.47. The van der Waals surface area contributed by atoms with Crippen molar-refractivity contribution >= 4 is 30.0 Å². The van der Waals surface area contributed by atoms with Gasteiger partial charge in [0.2, 0.25) is 0 Å². The second-order valence-corrected chi connectivity index (χ2v) is 8.03. The zero-order valence-electron chi connectivity index (χ0n) is 18.9. The van der Waals surface area contributed by atoms with E-state index in [9.17, 15) is 0 Å². The van der Waals surface area contributed by atoms with Crippen molar-refractivity contribution in [3.8, 4) is 5.75 Å². The van der Waals surface area contributed by atoms with Crippen molar-refractivity contribution in [2.45, 2.75) is 46.0 Å². The molecule has 2 aromatic rings. The van der Waals surface area contributed by atoms with Crippen LogP contribution in [0.3, 0.4) is 0 Å². The lowest BCUT2D eigenvalue weighted by atomic mass is 10.1. The molecule has 6 nitrogen and oxygen atoms in total. The Morgan fingerprint density at radius 1 is 1.13 bits per heavy atom. The minimum atomic E-state index is 0.525. The topological polar surface area (TPSA) is 75.8 Å². The van der Waals surface area contributed by atoms with Gasteiger partial charge < -0.3 is 15.8 Å². The van der Waals surface area contributed by atoms with Gasteiger partial charge in [0.1, 0.15) is 11.6 Å². The predicted molar refractivity (Wildman–Crippen MR) is 135 cm³/mol. The van der Waals surface area contributed by atoms with Crippen LogP contribution in [0.25, 0.3) is 0 Å². The first-order valence-corrected chi connectivity index (χ1v) is 11.7. The van der Waals surface area contributed by atoms with Crippen molar-refractivity contribution in [2.24, 2.45) is 4.99 Å². The fourth-order valence-electron chi connectivity index (χ4n) is 3.16. The van der Waals surface area contributed by atoms with Gasteiger partial charge in [-0.15, -0.1) is 0 Å². The van der Waals surface area contributed by atoms with Gasteiger partial charge in [-0.1, -0.05) is 26.7 Å². The van der Waals surface area contributed by atoms with Crippen LogP contribution in [0.5, 0.6) is 5.75 Å². The number of benzene rings is 1. The Morgan fingerprint density at radius 3 is 2.65 bits per heavy atom. The fourth-order valence-corrected chi connectivity index (χ4v) is 3.40. The van der Waals surface area contributed by atoms with Crippen LogP contribution < -0.4 is 15.8 Å². The Kier molecular flexibility index (Phi) is 11.9. The number of aliphatic imine (C=N–C) groups is 1. The van der Waals surface area contributed by atoms with E-state index in [-0.39, 0.29) is 0 Å². The quantitative estimate of drug-likeness (QED) is 0.203. The summed E-state index contributed by atoms with van der Waals surface area (Å²) < 4.78 is 7.93. The molecule has 0 unspecified atom stereocenters. The number of nitrogens with one attached hydrogen (secondary N) is 1. The van der Waals surface area contributed by atoms with Gasteiger partial charge in [0.25, 0.3) is 0 Å². The highest BCUT2D eigenvalue weighted by molar-refractivity contribution is 7.77. The van der Waals surface area contributed by atoms with Crippen molar-refractivity contribution in [3.63, 3.8) is 0 Å². The summed E-state index contributed by atoms with van der Waals surface area (Å²) in [6, 6.07) is 12.1. The molecule has 31 heavy (non-hydrogen) atoms. The molecule has 0 aliphatic heterocycles. The number of ether oxygens (including phenoxy) is 1. The maximum Gasteiger partial charge on any atom is 0.125 e. The number of hydrogen-bond donors (Lipinski definition) is 3. The maximum atomic E-state index is 5.89. The molecule has 0 aliphatic carbocycles. The first kappa shape index (κ1) is 25.0. The SMILES string of the molecule is CCC/N=C(\CC)c1ccc(OCCCCCN(S)CCNc2ccnc(N)c2)cc1. The molecular formula is C24H37N5OS. The lowest BCUT2D eigenvalue weighted by Gasteiger charge is -2.16. The molecule has 0 saturated heterocycles. The van der Waals surface area contributed by atoms with Crippen LogP contribution in [0.1, 0.15) is 51.5 Å². The van der Waals surface area contributed by atoms with Crippen molar-refractivity contribution in [1.82, 2.24) is 9.29 Å². The molecule has 170 valence electrons. The number of rotatable bonds is 15.